The lowest BCUT2D eigenvalue weighted by Gasteiger charge is -2.15. The lowest BCUT2D eigenvalue weighted by Crippen LogP contribution is -2.17. The predicted molar refractivity (Wildman–Crippen MR) is 86.7 cm³/mol. The van der Waals surface area contributed by atoms with Gasteiger partial charge in [-0.15, -0.1) is 0 Å². The van der Waals surface area contributed by atoms with E-state index in [1.807, 2.05) is 6.08 Å². The van der Waals surface area contributed by atoms with Gasteiger partial charge in [0.15, 0.2) is 0 Å². The normalized spacial score (nSPS) is 21.2. The molecule has 0 radical (unpaired) electrons. The van der Waals surface area contributed by atoms with E-state index in [4.69, 9.17) is 9.47 Å². The largest absolute Gasteiger partial charge is 0.507 e. The Morgan fingerprint density at radius 3 is 2.78 bits per heavy atom. The third kappa shape index (κ3) is 4.58. The number of fused-ring (bicyclic) bond motifs is 1. The standard InChI is InChI=1S/C18H22O5/c1-12-8-9-14(19)7-5-3-4-6-13-10-15(22-2)11-16(20)17(13)18(21)23-12/h4,6,10-12,20H,3,5,7-9H2,1-2H3/b6-4+. The number of hydrogen-bond donors (Lipinski definition) is 1. The van der Waals surface area contributed by atoms with Crippen LogP contribution in [-0.2, 0) is 9.53 Å². The zero-order valence-corrected chi connectivity index (χ0v) is 13.5. The lowest BCUT2D eigenvalue weighted by atomic mass is 10.0. The zero-order valence-electron chi connectivity index (χ0n) is 13.5. The van der Waals surface area contributed by atoms with Gasteiger partial charge in [-0.05, 0) is 37.8 Å². The first kappa shape index (κ1) is 17.1. The highest BCUT2D eigenvalue weighted by Gasteiger charge is 2.21. The van der Waals surface area contributed by atoms with Crippen molar-refractivity contribution in [1.29, 1.82) is 0 Å². The molecule has 0 fully saturated rings. The molecule has 5 heteroatoms. The number of ether oxygens (including phenoxy) is 2. The molecule has 5 nitrogen and oxygen atoms in total. The van der Waals surface area contributed by atoms with Crippen LogP contribution in [0.25, 0.3) is 6.08 Å². The van der Waals surface area contributed by atoms with Crippen LogP contribution in [0.3, 0.4) is 0 Å². The number of esters is 1. The molecule has 0 saturated carbocycles. The lowest BCUT2D eigenvalue weighted by molar-refractivity contribution is -0.119. The first-order chi connectivity index (χ1) is 11.0. The Morgan fingerprint density at radius 1 is 1.26 bits per heavy atom. The van der Waals surface area contributed by atoms with Crippen LogP contribution in [0, 0.1) is 0 Å². The van der Waals surface area contributed by atoms with Crippen LogP contribution >= 0.6 is 0 Å². The number of methoxy groups -OCH3 is 1. The van der Waals surface area contributed by atoms with Gasteiger partial charge in [0.2, 0.25) is 0 Å². The summed E-state index contributed by atoms with van der Waals surface area (Å²) in [6.07, 6.45) is 6.18. The van der Waals surface area contributed by atoms with Gasteiger partial charge >= 0.3 is 5.97 Å². The van der Waals surface area contributed by atoms with Gasteiger partial charge in [-0.25, -0.2) is 4.79 Å². The minimum absolute atomic E-state index is 0.125. The van der Waals surface area contributed by atoms with Crippen LogP contribution in [0.5, 0.6) is 11.5 Å². The maximum Gasteiger partial charge on any atom is 0.342 e. The van der Waals surface area contributed by atoms with Crippen molar-refractivity contribution in [1.82, 2.24) is 0 Å². The fourth-order valence-corrected chi connectivity index (χ4v) is 2.51. The SMILES string of the molecule is COc1cc(O)c2c(c1)/C=C/CCCC(=O)CCC(C)OC2=O. The number of aromatic hydroxyl groups is 1. The quantitative estimate of drug-likeness (QED) is 0.802. The Hall–Kier alpha value is -2.30. The number of carbonyl (C=O) groups is 2. The van der Waals surface area contributed by atoms with E-state index in [-0.39, 0.29) is 23.2 Å². The summed E-state index contributed by atoms with van der Waals surface area (Å²) in [5.41, 5.74) is 0.670. The van der Waals surface area contributed by atoms with Crippen molar-refractivity contribution < 1.29 is 24.2 Å². The average Bonchev–Trinajstić information content (AvgIpc) is 2.52. The van der Waals surface area contributed by atoms with E-state index in [0.717, 1.165) is 12.8 Å². The molecule has 23 heavy (non-hydrogen) atoms. The Balaban J connectivity index is 2.38. The van der Waals surface area contributed by atoms with E-state index in [1.165, 1.54) is 13.2 Å². The summed E-state index contributed by atoms with van der Waals surface area (Å²) in [6, 6.07) is 3.07. The summed E-state index contributed by atoms with van der Waals surface area (Å²) in [4.78, 5) is 24.1. The van der Waals surface area contributed by atoms with Gasteiger partial charge in [-0.3, -0.25) is 4.79 Å². The summed E-state index contributed by atoms with van der Waals surface area (Å²) in [5.74, 6) is -0.120. The average molecular weight is 318 g/mol. The third-order valence-electron chi connectivity index (χ3n) is 3.82. The highest BCUT2D eigenvalue weighted by molar-refractivity contribution is 5.97. The van der Waals surface area contributed by atoms with Crippen LogP contribution in [0.1, 0.15) is 54.9 Å². The summed E-state index contributed by atoms with van der Waals surface area (Å²) < 4.78 is 10.5. The number of cyclic esters (lactones) is 1. The first-order valence-electron chi connectivity index (χ1n) is 7.81. The van der Waals surface area contributed by atoms with Crippen molar-refractivity contribution in [3.8, 4) is 11.5 Å². The second-order valence-electron chi connectivity index (χ2n) is 5.70. The molecule has 1 N–H and O–H groups in total. The highest BCUT2D eigenvalue weighted by atomic mass is 16.5. The number of hydrogen-bond acceptors (Lipinski definition) is 5. The van der Waals surface area contributed by atoms with Gasteiger partial charge in [-0.2, -0.15) is 0 Å². The van der Waals surface area contributed by atoms with Crippen molar-refractivity contribution in [2.75, 3.05) is 7.11 Å². The molecule has 0 saturated heterocycles. The molecule has 0 bridgehead atoms. The van der Waals surface area contributed by atoms with Gasteiger partial charge in [0.25, 0.3) is 0 Å². The van der Waals surface area contributed by atoms with Gasteiger partial charge in [0, 0.05) is 18.9 Å². The number of carbonyl (C=O) groups excluding carboxylic acids is 2. The van der Waals surface area contributed by atoms with Crippen LogP contribution in [0.4, 0.5) is 0 Å². The van der Waals surface area contributed by atoms with Crippen LogP contribution in [0.15, 0.2) is 18.2 Å². The molecule has 0 spiro atoms. The molecule has 0 aliphatic carbocycles. The molecule has 0 aromatic heterocycles. The molecule has 1 aliphatic heterocycles. The molecule has 124 valence electrons. The molecule has 1 unspecified atom stereocenters. The number of ketones is 1. The first-order valence-corrected chi connectivity index (χ1v) is 7.81. The Kier molecular flexibility index (Phi) is 5.79. The maximum absolute atomic E-state index is 12.4. The van der Waals surface area contributed by atoms with Crippen molar-refractivity contribution in [3.05, 3.63) is 29.3 Å². The second kappa shape index (κ2) is 7.81. The number of Topliss-reactive ketones (excluding diaryl/α,β-unsaturated/α-hetero) is 1. The second-order valence-corrected chi connectivity index (χ2v) is 5.70. The molecule has 2 rings (SSSR count). The highest BCUT2D eigenvalue weighted by Crippen LogP contribution is 2.30. The summed E-state index contributed by atoms with van der Waals surface area (Å²) in [6.45, 7) is 1.75. The minimum Gasteiger partial charge on any atom is -0.507 e. The molecule has 1 atom stereocenters. The number of allylic oxidation sites excluding steroid dienone is 1. The number of phenolic OH excluding ortho intramolecular Hbond substituents is 1. The topological polar surface area (TPSA) is 72.8 Å². The van der Waals surface area contributed by atoms with Crippen LogP contribution in [0.2, 0.25) is 0 Å². The Bertz CT molecular complexity index is 618. The van der Waals surface area contributed by atoms with E-state index in [0.29, 0.717) is 30.6 Å². The molecule has 1 aliphatic rings. The third-order valence-corrected chi connectivity index (χ3v) is 3.82. The van der Waals surface area contributed by atoms with E-state index in [9.17, 15) is 14.7 Å². The van der Waals surface area contributed by atoms with Gasteiger partial charge in [0.05, 0.1) is 13.2 Å². The Morgan fingerprint density at radius 2 is 2.04 bits per heavy atom. The van der Waals surface area contributed by atoms with E-state index < -0.39 is 5.97 Å². The molecule has 1 aromatic carbocycles. The summed E-state index contributed by atoms with van der Waals surface area (Å²) in [7, 11) is 1.50. The predicted octanol–water partition coefficient (Wildman–Crippen LogP) is 3.49. The minimum atomic E-state index is -0.594. The molecular formula is C18H22O5. The smallest absolute Gasteiger partial charge is 0.342 e. The van der Waals surface area contributed by atoms with Crippen molar-refractivity contribution in [2.45, 2.75) is 45.1 Å². The Labute approximate surface area is 135 Å². The fourth-order valence-electron chi connectivity index (χ4n) is 2.51. The van der Waals surface area contributed by atoms with Gasteiger partial charge in [-0.1, -0.05) is 12.2 Å². The zero-order chi connectivity index (χ0) is 16.8. The fraction of sp³-hybridized carbons (Fsp3) is 0.444. The van der Waals surface area contributed by atoms with Gasteiger partial charge in [0.1, 0.15) is 22.8 Å². The molecule has 1 aromatic rings. The molecule has 0 amide bonds. The van der Waals surface area contributed by atoms with Crippen molar-refractivity contribution >= 4 is 17.8 Å². The van der Waals surface area contributed by atoms with Crippen molar-refractivity contribution in [3.63, 3.8) is 0 Å². The number of rotatable bonds is 1. The van der Waals surface area contributed by atoms with E-state index in [1.54, 1.807) is 19.1 Å². The van der Waals surface area contributed by atoms with Crippen LogP contribution in [-0.4, -0.2) is 30.1 Å². The van der Waals surface area contributed by atoms with Crippen LogP contribution < -0.4 is 4.74 Å². The molecule has 1 heterocycles. The summed E-state index contributed by atoms with van der Waals surface area (Å²) >= 11 is 0. The van der Waals surface area contributed by atoms with E-state index >= 15 is 0 Å². The maximum atomic E-state index is 12.4. The molecular weight excluding hydrogens is 296 g/mol. The summed E-state index contributed by atoms with van der Waals surface area (Å²) in [5, 5.41) is 10.2. The van der Waals surface area contributed by atoms with Gasteiger partial charge < -0.3 is 14.6 Å². The van der Waals surface area contributed by atoms with Crippen molar-refractivity contribution in [2.24, 2.45) is 0 Å². The van der Waals surface area contributed by atoms with E-state index in [2.05, 4.69) is 0 Å². The monoisotopic (exact) mass is 318 g/mol. The number of benzene rings is 1. The number of phenols is 1.